The molecule has 4 nitrogen and oxygen atoms in total. The minimum Gasteiger partial charge on any atom is -0.369 e. The Labute approximate surface area is 73.7 Å². The van der Waals surface area contributed by atoms with E-state index in [1.807, 2.05) is 0 Å². The first-order valence-electron chi connectivity index (χ1n) is 4.02. The van der Waals surface area contributed by atoms with Crippen LogP contribution in [-0.4, -0.2) is 26.2 Å². The van der Waals surface area contributed by atoms with Crippen molar-refractivity contribution in [3.63, 3.8) is 0 Å². The monoisotopic (exact) mass is 196 g/mol. The van der Waals surface area contributed by atoms with E-state index in [9.17, 15) is 4.57 Å². The van der Waals surface area contributed by atoms with E-state index in [-0.39, 0.29) is 0 Å². The Kier molecular flexibility index (Phi) is 5.76. The highest BCUT2D eigenvalue weighted by molar-refractivity contribution is 7.54. The maximum Gasteiger partial charge on any atom is 0.358 e. The first-order chi connectivity index (χ1) is 5.60. The van der Waals surface area contributed by atoms with Crippen molar-refractivity contribution in [3.8, 4) is 0 Å². The average Bonchev–Trinajstić information content (AvgIpc) is 2.04. The fraction of sp³-hybridized carbons (Fsp3) is 1.00. The van der Waals surface area contributed by atoms with Crippen LogP contribution in [0, 0.1) is 0 Å². The summed E-state index contributed by atoms with van der Waals surface area (Å²) in [5, 5.41) is 0. The van der Waals surface area contributed by atoms with Gasteiger partial charge in [-0.25, -0.2) is 0 Å². The first-order valence-corrected chi connectivity index (χ1v) is 5.63. The Morgan fingerprint density at radius 2 is 1.67 bits per heavy atom. The van der Waals surface area contributed by atoms with Crippen molar-refractivity contribution in [3.05, 3.63) is 0 Å². The van der Waals surface area contributed by atoms with Gasteiger partial charge in [-0.15, -0.1) is 0 Å². The summed E-state index contributed by atoms with van der Waals surface area (Å²) in [7, 11) is -1.55. The number of ether oxygens (including phenoxy) is 1. The number of hydrogen-bond donors (Lipinski definition) is 0. The van der Waals surface area contributed by atoms with Crippen molar-refractivity contribution in [2.24, 2.45) is 0 Å². The molecule has 0 heterocycles. The molecule has 0 radical (unpaired) electrons. The summed E-state index contributed by atoms with van der Waals surface area (Å²) < 4.78 is 26.7. The Morgan fingerprint density at radius 3 is 1.92 bits per heavy atom. The molecular weight excluding hydrogens is 179 g/mol. The fourth-order valence-corrected chi connectivity index (χ4v) is 2.21. The largest absolute Gasteiger partial charge is 0.369 e. The normalized spacial score (nSPS) is 14.7. The molecule has 0 aromatic rings. The molecule has 5 heteroatoms. The third-order valence-electron chi connectivity index (χ3n) is 1.40. The summed E-state index contributed by atoms with van der Waals surface area (Å²) in [6.07, 6.45) is 0. The third-order valence-corrected chi connectivity index (χ3v) is 3.74. The number of methoxy groups -OCH3 is 1. The lowest BCUT2D eigenvalue weighted by Crippen LogP contribution is -2.11. The van der Waals surface area contributed by atoms with E-state index in [1.54, 1.807) is 20.8 Å². The van der Waals surface area contributed by atoms with Gasteiger partial charge in [0.2, 0.25) is 0 Å². The van der Waals surface area contributed by atoms with E-state index in [0.717, 1.165) is 0 Å². The van der Waals surface area contributed by atoms with Crippen LogP contribution in [0.25, 0.3) is 0 Å². The zero-order chi connectivity index (χ0) is 9.61. The van der Waals surface area contributed by atoms with E-state index >= 15 is 0 Å². The molecule has 0 saturated carbocycles. The second-order valence-electron chi connectivity index (χ2n) is 2.21. The number of hydrogen-bond acceptors (Lipinski definition) is 4. The topological polar surface area (TPSA) is 44.8 Å². The van der Waals surface area contributed by atoms with Crippen molar-refractivity contribution in [2.75, 3.05) is 20.3 Å². The summed E-state index contributed by atoms with van der Waals surface area (Å²) in [4.78, 5) is 0. The molecule has 1 atom stereocenters. The van der Waals surface area contributed by atoms with Crippen molar-refractivity contribution < 1.29 is 18.3 Å². The van der Waals surface area contributed by atoms with E-state index in [1.165, 1.54) is 7.11 Å². The van der Waals surface area contributed by atoms with E-state index in [0.29, 0.717) is 13.2 Å². The number of rotatable bonds is 6. The maximum atomic E-state index is 11.8. The van der Waals surface area contributed by atoms with Crippen molar-refractivity contribution in [1.29, 1.82) is 0 Å². The Hall–Kier alpha value is 0.110. The molecule has 0 unspecified atom stereocenters. The van der Waals surface area contributed by atoms with Gasteiger partial charge in [0.25, 0.3) is 0 Å². The SMILES string of the molecule is CCOP(=O)(OCC)[C@H](C)OC. The zero-order valence-corrected chi connectivity index (χ0v) is 8.97. The lowest BCUT2D eigenvalue weighted by atomic mass is 10.9. The van der Waals surface area contributed by atoms with Crippen LogP contribution in [0.1, 0.15) is 20.8 Å². The molecule has 0 rings (SSSR count). The van der Waals surface area contributed by atoms with E-state index < -0.39 is 13.4 Å². The van der Waals surface area contributed by atoms with Crippen molar-refractivity contribution in [2.45, 2.75) is 26.6 Å². The molecule has 0 saturated heterocycles. The van der Waals surface area contributed by atoms with Gasteiger partial charge < -0.3 is 13.8 Å². The summed E-state index contributed by atoms with van der Waals surface area (Å²) in [5.41, 5.74) is 0. The molecule has 0 aliphatic carbocycles. The van der Waals surface area contributed by atoms with E-state index in [2.05, 4.69) is 0 Å². The molecule has 0 bridgehead atoms. The van der Waals surface area contributed by atoms with Gasteiger partial charge in [-0.05, 0) is 20.8 Å². The molecule has 0 aliphatic heterocycles. The van der Waals surface area contributed by atoms with Crippen LogP contribution in [0.3, 0.4) is 0 Å². The average molecular weight is 196 g/mol. The van der Waals surface area contributed by atoms with Gasteiger partial charge in [0.1, 0.15) is 0 Å². The second-order valence-corrected chi connectivity index (χ2v) is 4.53. The van der Waals surface area contributed by atoms with Crippen molar-refractivity contribution in [1.82, 2.24) is 0 Å². The molecule has 0 N–H and O–H groups in total. The molecule has 0 amide bonds. The predicted octanol–water partition coefficient (Wildman–Crippen LogP) is 2.24. The van der Waals surface area contributed by atoms with Gasteiger partial charge in [-0.1, -0.05) is 0 Å². The Balaban J connectivity index is 4.27. The van der Waals surface area contributed by atoms with Crippen LogP contribution < -0.4 is 0 Å². The minimum atomic E-state index is -3.03. The first kappa shape index (κ1) is 12.1. The predicted molar refractivity (Wildman–Crippen MR) is 47.3 cm³/mol. The van der Waals surface area contributed by atoms with Crippen LogP contribution >= 0.6 is 7.60 Å². The van der Waals surface area contributed by atoms with Gasteiger partial charge >= 0.3 is 7.60 Å². The lowest BCUT2D eigenvalue weighted by molar-refractivity contribution is 0.119. The molecule has 12 heavy (non-hydrogen) atoms. The van der Waals surface area contributed by atoms with Crippen LogP contribution in [0.5, 0.6) is 0 Å². The minimum absolute atomic E-state index is 0.366. The maximum absolute atomic E-state index is 11.8. The summed E-state index contributed by atoms with van der Waals surface area (Å²) >= 11 is 0. The third kappa shape index (κ3) is 3.23. The highest BCUT2D eigenvalue weighted by Gasteiger charge is 2.31. The molecular formula is C7H17O4P. The van der Waals surface area contributed by atoms with Gasteiger partial charge in [0, 0.05) is 7.11 Å². The molecule has 0 aromatic carbocycles. The molecule has 0 fully saturated rings. The Bertz CT molecular complexity index is 149. The van der Waals surface area contributed by atoms with E-state index in [4.69, 9.17) is 13.8 Å². The van der Waals surface area contributed by atoms with Gasteiger partial charge in [0.05, 0.1) is 13.2 Å². The highest BCUT2D eigenvalue weighted by atomic mass is 31.2. The van der Waals surface area contributed by atoms with Crippen molar-refractivity contribution >= 4 is 7.60 Å². The smallest absolute Gasteiger partial charge is 0.358 e. The summed E-state index contributed by atoms with van der Waals surface area (Å²) in [5.74, 6) is -0.502. The van der Waals surface area contributed by atoms with Gasteiger partial charge in [0.15, 0.2) is 5.85 Å². The van der Waals surface area contributed by atoms with Crippen LogP contribution in [0.2, 0.25) is 0 Å². The summed E-state index contributed by atoms with van der Waals surface area (Å²) in [6.45, 7) is 5.95. The molecule has 0 aromatic heterocycles. The lowest BCUT2D eigenvalue weighted by Gasteiger charge is -2.21. The zero-order valence-electron chi connectivity index (χ0n) is 8.07. The molecule has 0 spiro atoms. The van der Waals surface area contributed by atoms with Gasteiger partial charge in [-0.2, -0.15) is 0 Å². The standard InChI is InChI=1S/C7H17O4P/c1-5-10-12(8,11-6-2)7(3)9-4/h7H,5-6H2,1-4H3/t7-/m1/s1. The quantitative estimate of drug-likeness (QED) is 0.611. The van der Waals surface area contributed by atoms with Crippen LogP contribution in [0.4, 0.5) is 0 Å². The molecule has 0 aliphatic rings. The fourth-order valence-electron chi connectivity index (χ4n) is 0.736. The molecule has 74 valence electrons. The summed E-state index contributed by atoms with van der Waals surface area (Å²) in [6, 6.07) is 0. The van der Waals surface area contributed by atoms with Crippen LogP contribution in [-0.2, 0) is 18.3 Å². The Morgan fingerprint density at radius 1 is 1.25 bits per heavy atom. The highest BCUT2D eigenvalue weighted by Crippen LogP contribution is 2.52. The van der Waals surface area contributed by atoms with Crippen LogP contribution in [0.15, 0.2) is 0 Å². The van der Waals surface area contributed by atoms with Gasteiger partial charge in [-0.3, -0.25) is 4.57 Å². The second kappa shape index (κ2) is 5.70.